The van der Waals surface area contributed by atoms with Crippen molar-refractivity contribution in [2.24, 2.45) is 0 Å². The molecule has 0 unspecified atom stereocenters. The van der Waals surface area contributed by atoms with Crippen LogP contribution in [0.5, 0.6) is 0 Å². The fraction of sp³-hybridized carbons (Fsp3) is 0.200. The van der Waals surface area contributed by atoms with Gasteiger partial charge in [-0.25, -0.2) is 4.79 Å². The maximum absolute atomic E-state index is 11.6. The number of nitrogens with one attached hydrogen (secondary N) is 2. The average molecular weight is 290 g/mol. The Balaban J connectivity index is 1.68. The van der Waals surface area contributed by atoms with Crippen LogP contribution in [0.1, 0.15) is 11.1 Å². The first-order valence-corrected chi connectivity index (χ1v) is 6.77. The molecule has 1 aromatic carbocycles. The molecule has 0 aliphatic carbocycles. The monoisotopic (exact) mass is 289 g/mol. The second kappa shape index (κ2) is 7.50. The number of carbonyl (C=O) groups is 1. The van der Waals surface area contributed by atoms with Gasteiger partial charge in [0.1, 0.15) is 0 Å². The van der Waals surface area contributed by atoms with Gasteiger partial charge in [-0.3, -0.25) is 4.98 Å². The molecule has 0 saturated heterocycles. The first-order chi connectivity index (χ1) is 9.74. The lowest BCUT2D eigenvalue weighted by atomic mass is 10.1. The normalized spacial score (nSPS) is 10.1. The summed E-state index contributed by atoms with van der Waals surface area (Å²) in [6.07, 6.45) is 4.16. The number of hydrogen-bond donors (Lipinski definition) is 2. The first kappa shape index (κ1) is 14.3. The van der Waals surface area contributed by atoms with Crippen molar-refractivity contribution in [1.29, 1.82) is 0 Å². The van der Waals surface area contributed by atoms with Crippen molar-refractivity contribution in [3.8, 4) is 0 Å². The van der Waals surface area contributed by atoms with Crippen LogP contribution < -0.4 is 10.6 Å². The van der Waals surface area contributed by atoms with E-state index in [0.29, 0.717) is 18.1 Å². The van der Waals surface area contributed by atoms with Gasteiger partial charge in [0.25, 0.3) is 0 Å². The number of hydrogen-bond acceptors (Lipinski definition) is 2. The Kier molecular flexibility index (Phi) is 5.38. The summed E-state index contributed by atoms with van der Waals surface area (Å²) in [5, 5.41) is 6.32. The molecule has 104 valence electrons. The Morgan fingerprint density at radius 2 is 1.90 bits per heavy atom. The summed E-state index contributed by atoms with van der Waals surface area (Å²) < 4.78 is 0. The second-order valence-corrected chi connectivity index (χ2v) is 4.78. The predicted octanol–water partition coefficient (Wildman–Crippen LogP) is 2.78. The van der Waals surface area contributed by atoms with E-state index in [9.17, 15) is 4.79 Å². The molecular formula is C15H16ClN3O. The maximum atomic E-state index is 11.6. The van der Waals surface area contributed by atoms with Crippen LogP contribution in [0.2, 0.25) is 5.02 Å². The molecule has 2 N–H and O–H groups in total. The molecular weight excluding hydrogens is 274 g/mol. The van der Waals surface area contributed by atoms with Crippen LogP contribution in [0.3, 0.4) is 0 Å². The van der Waals surface area contributed by atoms with Crippen LogP contribution in [-0.2, 0) is 13.0 Å². The van der Waals surface area contributed by atoms with E-state index in [2.05, 4.69) is 15.6 Å². The number of benzene rings is 1. The zero-order chi connectivity index (χ0) is 14.2. The number of aromatic nitrogens is 1. The molecule has 1 heterocycles. The third-order valence-electron chi connectivity index (χ3n) is 2.79. The van der Waals surface area contributed by atoms with Crippen molar-refractivity contribution in [2.75, 3.05) is 6.54 Å². The Hall–Kier alpha value is -2.07. The summed E-state index contributed by atoms with van der Waals surface area (Å²) >= 11 is 5.90. The lowest BCUT2D eigenvalue weighted by molar-refractivity contribution is 0.240. The van der Waals surface area contributed by atoms with E-state index >= 15 is 0 Å². The standard InChI is InChI=1S/C15H16ClN3O/c16-14-3-1-2-12(10-14)6-9-18-15(20)19-11-13-4-7-17-8-5-13/h1-5,7-8,10H,6,9,11H2,(H2,18,19,20). The quantitative estimate of drug-likeness (QED) is 0.889. The smallest absolute Gasteiger partial charge is 0.315 e. The summed E-state index contributed by atoms with van der Waals surface area (Å²) in [6, 6.07) is 11.2. The molecule has 2 amide bonds. The van der Waals surface area contributed by atoms with Crippen LogP contribution in [0, 0.1) is 0 Å². The molecule has 0 aliphatic rings. The Bertz CT molecular complexity index is 560. The van der Waals surface area contributed by atoms with Crippen LogP contribution in [0.4, 0.5) is 4.79 Å². The van der Waals surface area contributed by atoms with Crippen molar-refractivity contribution >= 4 is 17.6 Å². The van der Waals surface area contributed by atoms with Crippen LogP contribution in [0.15, 0.2) is 48.8 Å². The van der Waals surface area contributed by atoms with Crippen molar-refractivity contribution < 1.29 is 4.79 Å². The third-order valence-corrected chi connectivity index (χ3v) is 3.03. The molecule has 0 aliphatic heterocycles. The van der Waals surface area contributed by atoms with Gasteiger partial charge in [-0.1, -0.05) is 23.7 Å². The first-order valence-electron chi connectivity index (χ1n) is 6.39. The SMILES string of the molecule is O=C(NCCc1cccc(Cl)c1)NCc1ccncc1. The minimum absolute atomic E-state index is 0.177. The molecule has 2 rings (SSSR count). The van der Waals surface area contributed by atoms with Gasteiger partial charge in [0.15, 0.2) is 0 Å². The Morgan fingerprint density at radius 3 is 2.65 bits per heavy atom. The van der Waals surface area contributed by atoms with Crippen molar-refractivity contribution in [1.82, 2.24) is 15.6 Å². The average Bonchev–Trinajstić information content (AvgIpc) is 2.46. The number of carbonyl (C=O) groups excluding carboxylic acids is 1. The molecule has 0 fully saturated rings. The van der Waals surface area contributed by atoms with Crippen molar-refractivity contribution in [3.63, 3.8) is 0 Å². The van der Waals surface area contributed by atoms with E-state index in [1.165, 1.54) is 0 Å². The fourth-order valence-corrected chi connectivity index (χ4v) is 1.97. The summed E-state index contributed by atoms with van der Waals surface area (Å²) in [4.78, 5) is 15.5. The van der Waals surface area contributed by atoms with Gasteiger partial charge in [-0.05, 0) is 41.8 Å². The largest absolute Gasteiger partial charge is 0.338 e. The van der Waals surface area contributed by atoms with E-state index in [-0.39, 0.29) is 6.03 Å². The summed E-state index contributed by atoms with van der Waals surface area (Å²) in [5.74, 6) is 0. The Morgan fingerprint density at radius 1 is 1.10 bits per heavy atom. The number of rotatable bonds is 5. The summed E-state index contributed by atoms with van der Waals surface area (Å²) in [5.41, 5.74) is 2.12. The Labute approximate surface area is 123 Å². The van der Waals surface area contributed by atoms with Crippen LogP contribution >= 0.6 is 11.6 Å². The van der Waals surface area contributed by atoms with Gasteiger partial charge < -0.3 is 10.6 Å². The lowest BCUT2D eigenvalue weighted by Crippen LogP contribution is -2.36. The van der Waals surface area contributed by atoms with Crippen molar-refractivity contribution in [2.45, 2.75) is 13.0 Å². The van der Waals surface area contributed by atoms with Crippen LogP contribution in [0.25, 0.3) is 0 Å². The molecule has 5 heteroatoms. The number of pyridine rings is 1. The third kappa shape index (κ3) is 4.90. The van der Waals surface area contributed by atoms with Gasteiger partial charge in [0.05, 0.1) is 0 Å². The van der Waals surface area contributed by atoms with Crippen molar-refractivity contribution in [3.05, 3.63) is 64.9 Å². The number of halogens is 1. The van der Waals surface area contributed by atoms with E-state index < -0.39 is 0 Å². The number of urea groups is 1. The number of amides is 2. The highest BCUT2D eigenvalue weighted by Crippen LogP contribution is 2.10. The highest BCUT2D eigenvalue weighted by Gasteiger charge is 2.00. The zero-order valence-corrected chi connectivity index (χ0v) is 11.7. The van der Waals surface area contributed by atoms with E-state index in [4.69, 9.17) is 11.6 Å². The molecule has 1 aromatic heterocycles. The van der Waals surface area contributed by atoms with Gasteiger partial charge in [0.2, 0.25) is 0 Å². The van der Waals surface area contributed by atoms with Gasteiger partial charge in [-0.15, -0.1) is 0 Å². The molecule has 0 bridgehead atoms. The van der Waals surface area contributed by atoms with Gasteiger partial charge in [-0.2, -0.15) is 0 Å². The molecule has 2 aromatic rings. The lowest BCUT2D eigenvalue weighted by Gasteiger charge is -2.07. The minimum Gasteiger partial charge on any atom is -0.338 e. The predicted molar refractivity (Wildman–Crippen MR) is 79.6 cm³/mol. The second-order valence-electron chi connectivity index (χ2n) is 4.34. The van der Waals surface area contributed by atoms with Gasteiger partial charge >= 0.3 is 6.03 Å². The van der Waals surface area contributed by atoms with E-state index in [1.807, 2.05) is 36.4 Å². The summed E-state index contributed by atoms with van der Waals surface area (Å²) in [7, 11) is 0. The highest BCUT2D eigenvalue weighted by molar-refractivity contribution is 6.30. The number of nitrogens with zero attached hydrogens (tertiary/aromatic N) is 1. The molecule has 4 nitrogen and oxygen atoms in total. The zero-order valence-electron chi connectivity index (χ0n) is 11.0. The minimum atomic E-state index is -0.177. The van der Waals surface area contributed by atoms with E-state index in [0.717, 1.165) is 17.5 Å². The van der Waals surface area contributed by atoms with E-state index in [1.54, 1.807) is 12.4 Å². The molecule has 20 heavy (non-hydrogen) atoms. The van der Waals surface area contributed by atoms with Gasteiger partial charge in [0, 0.05) is 30.5 Å². The molecule has 0 spiro atoms. The van der Waals surface area contributed by atoms with Crippen LogP contribution in [-0.4, -0.2) is 17.6 Å². The molecule has 0 radical (unpaired) electrons. The summed E-state index contributed by atoms with van der Waals surface area (Å²) in [6.45, 7) is 1.06. The highest BCUT2D eigenvalue weighted by atomic mass is 35.5. The topological polar surface area (TPSA) is 54.0 Å². The fourth-order valence-electron chi connectivity index (χ4n) is 1.76. The maximum Gasteiger partial charge on any atom is 0.315 e. The molecule has 0 atom stereocenters. The molecule has 0 saturated carbocycles.